The van der Waals surface area contributed by atoms with E-state index in [0.29, 0.717) is 12.4 Å². The Bertz CT molecular complexity index is 295. The predicted octanol–water partition coefficient (Wildman–Crippen LogP) is 1.00. The van der Waals surface area contributed by atoms with Crippen molar-refractivity contribution in [1.82, 2.24) is 9.78 Å². The van der Waals surface area contributed by atoms with Gasteiger partial charge in [0, 0.05) is 12.6 Å². The average Bonchev–Trinajstić information content (AvgIpc) is 2.05. The summed E-state index contributed by atoms with van der Waals surface area (Å²) < 4.78 is 1.39. The smallest absolute Gasteiger partial charge is 0.266 e. The van der Waals surface area contributed by atoms with Gasteiger partial charge in [0.15, 0.2) is 0 Å². The number of alkyl halides is 1. The summed E-state index contributed by atoms with van der Waals surface area (Å²) >= 11 is 5.53. The molecule has 0 atom stereocenters. The van der Waals surface area contributed by atoms with E-state index in [2.05, 4.69) is 5.10 Å². The molecule has 60 valence electrons. The molecule has 1 rings (SSSR count). The van der Waals surface area contributed by atoms with Gasteiger partial charge < -0.3 is 0 Å². The molecule has 4 heteroatoms. The van der Waals surface area contributed by atoms with Gasteiger partial charge in [0.25, 0.3) is 5.56 Å². The van der Waals surface area contributed by atoms with Crippen molar-refractivity contribution < 1.29 is 0 Å². The van der Waals surface area contributed by atoms with E-state index in [1.165, 1.54) is 10.7 Å². The molecule has 0 spiro atoms. The molecule has 0 N–H and O–H groups in total. The van der Waals surface area contributed by atoms with Crippen molar-refractivity contribution in [1.29, 1.82) is 0 Å². The Hall–Kier alpha value is -0.830. The summed E-state index contributed by atoms with van der Waals surface area (Å²) in [5, 5.41) is 3.98. The maximum absolute atomic E-state index is 11.0. The van der Waals surface area contributed by atoms with Gasteiger partial charge in [-0.25, -0.2) is 4.68 Å². The van der Waals surface area contributed by atoms with Crippen LogP contribution in [0.15, 0.2) is 16.9 Å². The van der Waals surface area contributed by atoms with Crippen molar-refractivity contribution in [3.8, 4) is 0 Å². The lowest BCUT2D eigenvalue weighted by Crippen LogP contribution is -2.21. The molecule has 3 nitrogen and oxygen atoms in total. The first-order valence-corrected chi connectivity index (χ1v) is 3.94. The minimum atomic E-state index is -0.0821. The molecule has 0 amide bonds. The molecule has 0 aliphatic heterocycles. The molecule has 0 aliphatic carbocycles. The monoisotopic (exact) mass is 172 g/mol. The van der Waals surface area contributed by atoms with Crippen molar-refractivity contribution in [3.05, 3.63) is 28.2 Å². The van der Waals surface area contributed by atoms with Gasteiger partial charge in [0.1, 0.15) is 0 Å². The van der Waals surface area contributed by atoms with Crippen molar-refractivity contribution >= 4 is 11.6 Å². The van der Waals surface area contributed by atoms with Gasteiger partial charge in [-0.2, -0.15) is 5.10 Å². The van der Waals surface area contributed by atoms with Gasteiger partial charge in [-0.05, 0) is 13.0 Å². The van der Waals surface area contributed by atoms with Gasteiger partial charge >= 0.3 is 0 Å². The fraction of sp³-hybridized carbons (Fsp3) is 0.429. The molecule has 1 heterocycles. The first-order valence-electron chi connectivity index (χ1n) is 3.41. The highest BCUT2D eigenvalue weighted by Crippen LogP contribution is 1.94. The van der Waals surface area contributed by atoms with Gasteiger partial charge in [-0.1, -0.05) is 0 Å². The second kappa shape index (κ2) is 3.53. The summed E-state index contributed by atoms with van der Waals surface area (Å²) in [5.74, 6) is 0.348. The van der Waals surface area contributed by atoms with Crippen LogP contribution in [-0.4, -0.2) is 9.78 Å². The fourth-order valence-corrected chi connectivity index (χ4v) is 0.932. The Morgan fingerprint density at radius 3 is 2.91 bits per heavy atom. The largest absolute Gasteiger partial charge is 0.268 e. The number of halogens is 1. The molecular formula is C7H9ClN2O. The zero-order chi connectivity index (χ0) is 8.27. The molecule has 0 unspecified atom stereocenters. The van der Waals surface area contributed by atoms with Crippen LogP contribution in [0.1, 0.15) is 12.6 Å². The Morgan fingerprint density at radius 2 is 2.36 bits per heavy atom. The third-order valence-electron chi connectivity index (χ3n) is 1.36. The van der Waals surface area contributed by atoms with Gasteiger partial charge in [0.2, 0.25) is 0 Å². The third-order valence-corrected chi connectivity index (χ3v) is 1.63. The minimum Gasteiger partial charge on any atom is -0.268 e. The highest BCUT2D eigenvalue weighted by atomic mass is 35.5. The number of nitrogens with zero attached hydrogens (tertiary/aromatic N) is 2. The standard InChI is InChI=1S/C7H9ClN2O/c1-2-10-7(11)4-3-6(5-8)9-10/h3-4H,2,5H2,1H3. The van der Waals surface area contributed by atoms with Crippen LogP contribution in [-0.2, 0) is 12.4 Å². The zero-order valence-electron chi connectivity index (χ0n) is 6.25. The second-order valence-corrected chi connectivity index (χ2v) is 2.38. The molecule has 0 saturated heterocycles. The normalized spacial score (nSPS) is 10.0. The summed E-state index contributed by atoms with van der Waals surface area (Å²) in [6.07, 6.45) is 0. The van der Waals surface area contributed by atoms with Crippen molar-refractivity contribution in [3.63, 3.8) is 0 Å². The van der Waals surface area contributed by atoms with Crippen LogP contribution in [0.3, 0.4) is 0 Å². The number of hydrogen-bond acceptors (Lipinski definition) is 2. The van der Waals surface area contributed by atoms with E-state index in [-0.39, 0.29) is 5.56 Å². The molecule has 0 aliphatic rings. The highest BCUT2D eigenvalue weighted by Gasteiger charge is 1.95. The van der Waals surface area contributed by atoms with E-state index >= 15 is 0 Å². The van der Waals surface area contributed by atoms with Crippen LogP contribution in [0.2, 0.25) is 0 Å². The lowest BCUT2D eigenvalue weighted by molar-refractivity contribution is 0.604. The molecule has 0 aromatic carbocycles. The first kappa shape index (κ1) is 8.27. The zero-order valence-corrected chi connectivity index (χ0v) is 7.01. The highest BCUT2D eigenvalue weighted by molar-refractivity contribution is 6.16. The van der Waals surface area contributed by atoms with Crippen molar-refractivity contribution in [2.75, 3.05) is 0 Å². The van der Waals surface area contributed by atoms with E-state index < -0.39 is 0 Å². The van der Waals surface area contributed by atoms with Crippen molar-refractivity contribution in [2.24, 2.45) is 0 Å². The molecule has 0 saturated carbocycles. The second-order valence-electron chi connectivity index (χ2n) is 2.11. The maximum Gasteiger partial charge on any atom is 0.266 e. The molecule has 0 fully saturated rings. The third kappa shape index (κ3) is 1.80. The van der Waals surface area contributed by atoms with E-state index in [1.807, 2.05) is 6.92 Å². The van der Waals surface area contributed by atoms with Crippen LogP contribution in [0.25, 0.3) is 0 Å². The van der Waals surface area contributed by atoms with Crippen LogP contribution in [0, 0.1) is 0 Å². The predicted molar refractivity (Wildman–Crippen MR) is 43.7 cm³/mol. The number of hydrogen-bond donors (Lipinski definition) is 0. The number of rotatable bonds is 2. The molecule has 1 aromatic heterocycles. The topological polar surface area (TPSA) is 34.9 Å². The van der Waals surface area contributed by atoms with Crippen LogP contribution >= 0.6 is 11.6 Å². The molecule has 0 bridgehead atoms. The van der Waals surface area contributed by atoms with Gasteiger partial charge in [-0.3, -0.25) is 4.79 Å². The summed E-state index contributed by atoms with van der Waals surface area (Å²) in [7, 11) is 0. The van der Waals surface area contributed by atoms with Crippen LogP contribution in [0.5, 0.6) is 0 Å². The van der Waals surface area contributed by atoms with E-state index in [1.54, 1.807) is 6.07 Å². The van der Waals surface area contributed by atoms with Crippen molar-refractivity contribution in [2.45, 2.75) is 19.3 Å². The van der Waals surface area contributed by atoms with E-state index in [0.717, 1.165) is 5.69 Å². The fourth-order valence-electron chi connectivity index (χ4n) is 0.789. The Kier molecular flexibility index (Phi) is 2.65. The quantitative estimate of drug-likeness (QED) is 0.624. The van der Waals surface area contributed by atoms with E-state index in [9.17, 15) is 4.79 Å². The van der Waals surface area contributed by atoms with E-state index in [4.69, 9.17) is 11.6 Å². The Labute approximate surface area is 69.6 Å². The van der Waals surface area contributed by atoms with Gasteiger partial charge in [0.05, 0.1) is 11.6 Å². The molecule has 0 radical (unpaired) electrons. The summed E-state index contributed by atoms with van der Waals surface area (Å²) in [6.45, 7) is 2.45. The summed E-state index contributed by atoms with van der Waals surface area (Å²) in [4.78, 5) is 11.0. The SMILES string of the molecule is CCn1nc(CCl)ccc1=O. The Balaban J connectivity index is 3.13. The lowest BCUT2D eigenvalue weighted by atomic mass is 10.4. The molecule has 11 heavy (non-hydrogen) atoms. The average molecular weight is 173 g/mol. The maximum atomic E-state index is 11.0. The molecule has 1 aromatic rings. The van der Waals surface area contributed by atoms with Gasteiger partial charge in [-0.15, -0.1) is 11.6 Å². The summed E-state index contributed by atoms with van der Waals surface area (Å²) in [5.41, 5.74) is 0.648. The minimum absolute atomic E-state index is 0.0821. The summed E-state index contributed by atoms with van der Waals surface area (Å²) in [6, 6.07) is 3.12. The van der Waals surface area contributed by atoms with Crippen LogP contribution < -0.4 is 5.56 Å². The first-order chi connectivity index (χ1) is 5.27. The van der Waals surface area contributed by atoms with Crippen LogP contribution in [0.4, 0.5) is 0 Å². The molecular weight excluding hydrogens is 164 g/mol. The lowest BCUT2D eigenvalue weighted by Gasteiger charge is -2.00. The number of aryl methyl sites for hydroxylation is 1. The Morgan fingerprint density at radius 1 is 1.64 bits per heavy atom. The number of aromatic nitrogens is 2.